The molecule has 0 spiro atoms. The molecular weight excluding hydrogens is 391 g/mol. The molecule has 3 atom stereocenters. The second kappa shape index (κ2) is 9.09. The lowest BCUT2D eigenvalue weighted by atomic mass is 9.84. The van der Waals surface area contributed by atoms with Gasteiger partial charge in [-0.1, -0.05) is 24.3 Å². The van der Waals surface area contributed by atoms with Gasteiger partial charge in [0, 0.05) is 12.3 Å². The molecule has 1 heterocycles. The van der Waals surface area contributed by atoms with E-state index in [2.05, 4.69) is 0 Å². The molecule has 1 saturated heterocycles. The van der Waals surface area contributed by atoms with Gasteiger partial charge in [0.15, 0.2) is 0 Å². The van der Waals surface area contributed by atoms with Gasteiger partial charge in [0.05, 0.1) is 18.7 Å². The van der Waals surface area contributed by atoms with Gasteiger partial charge in [-0.15, -0.1) is 12.4 Å². The van der Waals surface area contributed by atoms with Crippen LogP contribution in [0.3, 0.4) is 0 Å². The van der Waals surface area contributed by atoms with Gasteiger partial charge >= 0.3 is 0 Å². The molecule has 2 aromatic rings. The van der Waals surface area contributed by atoms with Crippen molar-refractivity contribution in [2.75, 3.05) is 6.54 Å². The van der Waals surface area contributed by atoms with Gasteiger partial charge in [-0.3, -0.25) is 4.79 Å². The third kappa shape index (κ3) is 4.46. The summed E-state index contributed by atoms with van der Waals surface area (Å²) in [6.45, 7) is -0.190. The van der Waals surface area contributed by atoms with Crippen molar-refractivity contribution in [2.45, 2.75) is 30.6 Å². The number of nitriles is 1. The first-order valence-corrected chi connectivity index (χ1v) is 8.51. The van der Waals surface area contributed by atoms with Gasteiger partial charge in [-0.25, -0.2) is 13.2 Å². The summed E-state index contributed by atoms with van der Waals surface area (Å²) in [5.41, 5.74) is 7.36. The maximum atomic E-state index is 13.7. The molecule has 0 radical (unpaired) electrons. The summed E-state index contributed by atoms with van der Waals surface area (Å²) < 4.78 is 40.3. The monoisotopic (exact) mass is 409 g/mol. The second-order valence-electron chi connectivity index (χ2n) is 6.58. The van der Waals surface area contributed by atoms with Crippen molar-refractivity contribution in [3.63, 3.8) is 0 Å². The topological polar surface area (TPSA) is 70.1 Å². The SMILES string of the molecule is Cl.N#C[C@@H]1C[C@H](F)CN1C(=O)[C@@H](N)C(c1ccc(F)cc1)c1ccc(F)cc1. The van der Waals surface area contributed by atoms with Crippen molar-refractivity contribution in [1.82, 2.24) is 4.90 Å². The van der Waals surface area contributed by atoms with Crippen molar-refractivity contribution in [3.8, 4) is 6.07 Å². The quantitative estimate of drug-likeness (QED) is 0.842. The fourth-order valence-electron chi connectivity index (χ4n) is 3.43. The maximum Gasteiger partial charge on any atom is 0.241 e. The van der Waals surface area contributed by atoms with Gasteiger partial charge in [0.25, 0.3) is 0 Å². The maximum absolute atomic E-state index is 13.7. The van der Waals surface area contributed by atoms with Crippen molar-refractivity contribution in [2.24, 2.45) is 5.73 Å². The van der Waals surface area contributed by atoms with Crippen LogP contribution in [-0.4, -0.2) is 35.6 Å². The smallest absolute Gasteiger partial charge is 0.241 e. The molecule has 0 aromatic heterocycles. The number of rotatable bonds is 4. The minimum Gasteiger partial charge on any atom is -0.322 e. The second-order valence-corrected chi connectivity index (χ2v) is 6.58. The first kappa shape index (κ1) is 21.7. The molecule has 28 heavy (non-hydrogen) atoms. The molecule has 1 aliphatic heterocycles. The molecule has 0 saturated carbocycles. The Balaban J connectivity index is 0.00000280. The van der Waals surface area contributed by atoms with E-state index < -0.39 is 41.7 Å². The van der Waals surface area contributed by atoms with E-state index in [-0.39, 0.29) is 25.4 Å². The zero-order valence-corrected chi connectivity index (χ0v) is 15.6. The lowest BCUT2D eigenvalue weighted by molar-refractivity contribution is -0.133. The van der Waals surface area contributed by atoms with Crippen LogP contribution in [0.2, 0.25) is 0 Å². The number of carbonyl (C=O) groups is 1. The van der Waals surface area contributed by atoms with Crippen molar-refractivity contribution in [1.29, 1.82) is 5.26 Å². The minimum atomic E-state index is -1.28. The summed E-state index contributed by atoms with van der Waals surface area (Å²) in [4.78, 5) is 14.1. The predicted octanol–water partition coefficient (Wildman–Crippen LogP) is 3.31. The van der Waals surface area contributed by atoms with Gasteiger partial charge in [-0.05, 0) is 35.4 Å². The number of amides is 1. The molecule has 1 aliphatic rings. The van der Waals surface area contributed by atoms with E-state index >= 15 is 0 Å². The van der Waals surface area contributed by atoms with Crippen LogP contribution < -0.4 is 5.73 Å². The van der Waals surface area contributed by atoms with E-state index in [1.807, 2.05) is 6.07 Å². The minimum absolute atomic E-state index is 0. The van der Waals surface area contributed by atoms with Crippen molar-refractivity contribution >= 4 is 18.3 Å². The Morgan fingerprint density at radius 3 is 1.96 bits per heavy atom. The lowest BCUT2D eigenvalue weighted by Crippen LogP contribution is -2.49. The van der Waals surface area contributed by atoms with Crippen LogP contribution >= 0.6 is 12.4 Å². The Labute approximate surface area is 167 Å². The molecule has 4 nitrogen and oxygen atoms in total. The van der Waals surface area contributed by atoms with Gasteiger partial charge in [-0.2, -0.15) is 5.26 Å². The van der Waals surface area contributed by atoms with Crippen LogP contribution in [0.15, 0.2) is 48.5 Å². The normalized spacial score (nSPS) is 19.8. The van der Waals surface area contributed by atoms with Crippen LogP contribution in [0.4, 0.5) is 13.2 Å². The standard InChI is InChI=1S/C20H18F3N3O.ClH/c21-14-5-1-12(2-6-14)18(13-3-7-15(22)8-4-13)19(25)20(27)26-11-16(23)9-17(26)10-24;/h1-8,16-19H,9,11,25H2;1H/t16-,17-,19-;/m0./s1. The molecule has 1 fully saturated rings. The molecule has 0 aliphatic carbocycles. The van der Waals surface area contributed by atoms with E-state index in [1.54, 1.807) is 0 Å². The largest absolute Gasteiger partial charge is 0.322 e. The molecule has 2 aromatic carbocycles. The molecule has 0 unspecified atom stereocenters. The number of hydrogen-bond acceptors (Lipinski definition) is 3. The average molecular weight is 410 g/mol. The Morgan fingerprint density at radius 2 is 1.54 bits per heavy atom. The first-order chi connectivity index (χ1) is 12.9. The van der Waals surface area contributed by atoms with Crippen LogP contribution in [0, 0.1) is 23.0 Å². The molecule has 1 amide bonds. The number of likely N-dealkylation sites (tertiary alicyclic amines) is 1. The summed E-state index contributed by atoms with van der Waals surface area (Å²) in [7, 11) is 0. The third-order valence-corrected chi connectivity index (χ3v) is 4.78. The number of hydrogen-bond donors (Lipinski definition) is 1. The van der Waals surface area contributed by atoms with Gasteiger partial charge in [0.1, 0.15) is 23.8 Å². The highest BCUT2D eigenvalue weighted by Crippen LogP contribution is 2.30. The van der Waals surface area contributed by atoms with E-state index in [4.69, 9.17) is 5.73 Å². The average Bonchev–Trinajstić information content (AvgIpc) is 3.05. The first-order valence-electron chi connectivity index (χ1n) is 8.51. The predicted molar refractivity (Wildman–Crippen MR) is 100 cm³/mol. The van der Waals surface area contributed by atoms with Crippen molar-refractivity contribution in [3.05, 3.63) is 71.3 Å². The highest BCUT2D eigenvalue weighted by molar-refractivity contribution is 5.85. The Morgan fingerprint density at radius 1 is 1.07 bits per heavy atom. The van der Waals surface area contributed by atoms with Gasteiger partial charge < -0.3 is 10.6 Å². The number of carbonyl (C=O) groups excluding carboxylic acids is 1. The molecule has 0 bridgehead atoms. The summed E-state index contributed by atoms with van der Waals surface area (Å²) in [5, 5.41) is 9.18. The molecular formula is C20H19ClF3N3O. The summed E-state index contributed by atoms with van der Waals surface area (Å²) in [6, 6.07) is 10.9. The highest BCUT2D eigenvalue weighted by Gasteiger charge is 2.40. The highest BCUT2D eigenvalue weighted by atomic mass is 35.5. The lowest BCUT2D eigenvalue weighted by Gasteiger charge is -2.29. The van der Waals surface area contributed by atoms with Crippen molar-refractivity contribution < 1.29 is 18.0 Å². The molecule has 2 N–H and O–H groups in total. The fourth-order valence-corrected chi connectivity index (χ4v) is 3.43. The molecule has 8 heteroatoms. The number of nitrogens with two attached hydrogens (primary N) is 1. The van der Waals surface area contributed by atoms with E-state index in [0.29, 0.717) is 11.1 Å². The summed E-state index contributed by atoms with van der Waals surface area (Å²) in [6.07, 6.45) is -1.33. The van der Waals surface area contributed by atoms with Crippen LogP contribution in [-0.2, 0) is 4.79 Å². The van der Waals surface area contributed by atoms with E-state index in [9.17, 15) is 23.2 Å². The Hall–Kier alpha value is -2.56. The number of alkyl halides is 1. The van der Waals surface area contributed by atoms with E-state index in [0.717, 1.165) is 4.90 Å². The number of benzene rings is 2. The fraction of sp³-hybridized carbons (Fsp3) is 0.300. The number of halogens is 4. The van der Waals surface area contributed by atoms with Crippen LogP contribution in [0.5, 0.6) is 0 Å². The van der Waals surface area contributed by atoms with Crippen LogP contribution in [0.1, 0.15) is 23.5 Å². The number of nitrogens with zero attached hydrogens (tertiary/aromatic N) is 2. The Kier molecular flexibility index (Phi) is 7.05. The van der Waals surface area contributed by atoms with Gasteiger partial charge in [0.2, 0.25) is 5.91 Å². The van der Waals surface area contributed by atoms with E-state index in [1.165, 1.54) is 48.5 Å². The zero-order chi connectivity index (χ0) is 19.6. The summed E-state index contributed by atoms with van der Waals surface area (Å²) in [5.74, 6) is -2.15. The summed E-state index contributed by atoms with van der Waals surface area (Å²) >= 11 is 0. The third-order valence-electron chi connectivity index (χ3n) is 4.78. The molecule has 148 valence electrons. The zero-order valence-electron chi connectivity index (χ0n) is 14.8. The molecule has 3 rings (SSSR count). The van der Waals surface area contributed by atoms with Crippen LogP contribution in [0.25, 0.3) is 0 Å². The Bertz CT molecular complexity index is 809.